The predicted octanol–water partition coefficient (Wildman–Crippen LogP) is 3.42. The van der Waals surface area contributed by atoms with E-state index in [0.717, 1.165) is 42.4 Å². The van der Waals surface area contributed by atoms with E-state index in [1.54, 1.807) is 25.7 Å². The van der Waals surface area contributed by atoms with Crippen LogP contribution in [0.15, 0.2) is 0 Å². The van der Waals surface area contributed by atoms with Crippen LogP contribution < -0.4 is 5.32 Å². The molecule has 4 aliphatic rings. The van der Waals surface area contributed by atoms with Gasteiger partial charge in [0, 0.05) is 24.7 Å². The Bertz CT molecular complexity index is 328. The van der Waals surface area contributed by atoms with Gasteiger partial charge >= 0.3 is 0 Å². The Kier molecular flexibility index (Phi) is 3.80. The van der Waals surface area contributed by atoms with Crippen molar-refractivity contribution in [2.24, 2.45) is 17.8 Å². The van der Waals surface area contributed by atoms with Gasteiger partial charge in [-0.25, -0.2) is 0 Å². The van der Waals surface area contributed by atoms with Gasteiger partial charge in [0.05, 0.1) is 0 Å². The SMILES string of the molecule is CCNC1CC2CCCC(C1)N2CC1CC2CCC1C2. The molecule has 2 aliphatic carbocycles. The van der Waals surface area contributed by atoms with Gasteiger partial charge in [0.2, 0.25) is 0 Å². The van der Waals surface area contributed by atoms with Crippen LogP contribution >= 0.6 is 0 Å². The highest BCUT2D eigenvalue weighted by molar-refractivity contribution is 4.98. The van der Waals surface area contributed by atoms with Crippen LogP contribution in [-0.4, -0.2) is 36.1 Å². The predicted molar refractivity (Wildman–Crippen MR) is 83.8 cm³/mol. The number of fused-ring (bicyclic) bond motifs is 4. The zero-order valence-corrected chi connectivity index (χ0v) is 13.2. The van der Waals surface area contributed by atoms with Crippen molar-refractivity contribution in [3.63, 3.8) is 0 Å². The first-order valence-corrected chi connectivity index (χ1v) is 9.32. The number of piperidine rings is 2. The summed E-state index contributed by atoms with van der Waals surface area (Å²) < 4.78 is 0. The maximum absolute atomic E-state index is 3.73. The van der Waals surface area contributed by atoms with Crippen molar-refractivity contribution in [1.29, 1.82) is 0 Å². The minimum atomic E-state index is 0.812. The minimum absolute atomic E-state index is 0.812. The van der Waals surface area contributed by atoms with Crippen LogP contribution in [0.2, 0.25) is 0 Å². The van der Waals surface area contributed by atoms with Gasteiger partial charge in [-0.1, -0.05) is 19.8 Å². The van der Waals surface area contributed by atoms with Gasteiger partial charge in [-0.05, 0) is 69.2 Å². The van der Waals surface area contributed by atoms with E-state index in [1.807, 2.05) is 0 Å². The maximum Gasteiger partial charge on any atom is 0.0113 e. The fourth-order valence-electron chi connectivity index (χ4n) is 6.10. The standard InChI is InChI=1S/C18H32N2/c1-2-19-16-10-17-4-3-5-18(11-16)20(17)12-15-9-13-6-7-14(15)8-13/h13-19H,2-12H2,1H3. The van der Waals surface area contributed by atoms with Gasteiger partial charge in [-0.2, -0.15) is 0 Å². The summed E-state index contributed by atoms with van der Waals surface area (Å²) in [6.45, 7) is 4.86. The van der Waals surface area contributed by atoms with E-state index >= 15 is 0 Å². The largest absolute Gasteiger partial charge is 0.314 e. The molecule has 2 heterocycles. The van der Waals surface area contributed by atoms with Crippen molar-refractivity contribution in [3.05, 3.63) is 0 Å². The Morgan fingerprint density at radius 3 is 2.35 bits per heavy atom. The topological polar surface area (TPSA) is 15.3 Å². The summed E-state index contributed by atoms with van der Waals surface area (Å²) in [7, 11) is 0. The second kappa shape index (κ2) is 5.61. The zero-order chi connectivity index (χ0) is 13.5. The second-order valence-corrected chi connectivity index (χ2v) is 8.10. The van der Waals surface area contributed by atoms with Crippen LogP contribution in [0.1, 0.15) is 64.7 Å². The Labute approximate surface area is 124 Å². The Morgan fingerprint density at radius 1 is 0.950 bits per heavy atom. The molecule has 0 amide bonds. The number of hydrogen-bond donors (Lipinski definition) is 1. The van der Waals surface area contributed by atoms with Gasteiger partial charge < -0.3 is 5.32 Å². The van der Waals surface area contributed by atoms with E-state index < -0.39 is 0 Å². The molecule has 20 heavy (non-hydrogen) atoms. The molecule has 0 radical (unpaired) electrons. The summed E-state index contributed by atoms with van der Waals surface area (Å²) in [5.41, 5.74) is 0. The zero-order valence-electron chi connectivity index (χ0n) is 13.2. The van der Waals surface area contributed by atoms with Crippen molar-refractivity contribution in [2.45, 2.75) is 82.8 Å². The molecule has 0 spiro atoms. The van der Waals surface area contributed by atoms with E-state index in [9.17, 15) is 0 Å². The van der Waals surface area contributed by atoms with Gasteiger partial charge in [0.1, 0.15) is 0 Å². The number of hydrogen-bond acceptors (Lipinski definition) is 2. The van der Waals surface area contributed by atoms with Crippen molar-refractivity contribution in [3.8, 4) is 0 Å². The van der Waals surface area contributed by atoms with Crippen LogP contribution in [0.5, 0.6) is 0 Å². The first kappa shape index (κ1) is 13.6. The lowest BCUT2D eigenvalue weighted by Crippen LogP contribution is -2.57. The molecule has 4 rings (SSSR count). The van der Waals surface area contributed by atoms with Crippen LogP contribution in [-0.2, 0) is 0 Å². The Morgan fingerprint density at radius 2 is 1.75 bits per heavy atom. The highest BCUT2D eigenvalue weighted by Gasteiger charge is 2.44. The molecule has 1 N–H and O–H groups in total. The summed E-state index contributed by atoms with van der Waals surface area (Å²) >= 11 is 0. The molecule has 2 saturated heterocycles. The van der Waals surface area contributed by atoms with Crippen LogP contribution in [0.25, 0.3) is 0 Å². The Hall–Kier alpha value is -0.0800. The van der Waals surface area contributed by atoms with Gasteiger partial charge in [-0.3, -0.25) is 4.90 Å². The lowest BCUT2D eigenvalue weighted by Gasteiger charge is -2.50. The molecule has 5 atom stereocenters. The van der Waals surface area contributed by atoms with Gasteiger partial charge in [0.15, 0.2) is 0 Å². The average molecular weight is 276 g/mol. The molecule has 0 aromatic rings. The van der Waals surface area contributed by atoms with Crippen LogP contribution in [0, 0.1) is 17.8 Å². The van der Waals surface area contributed by atoms with E-state index in [-0.39, 0.29) is 0 Å². The smallest absolute Gasteiger partial charge is 0.0113 e. The van der Waals surface area contributed by atoms with Crippen molar-refractivity contribution < 1.29 is 0 Å². The van der Waals surface area contributed by atoms with Crippen LogP contribution in [0.3, 0.4) is 0 Å². The molecule has 2 saturated carbocycles. The second-order valence-electron chi connectivity index (χ2n) is 8.10. The highest BCUT2D eigenvalue weighted by atomic mass is 15.2. The van der Waals surface area contributed by atoms with Crippen molar-refractivity contribution in [1.82, 2.24) is 10.2 Å². The van der Waals surface area contributed by atoms with E-state index in [4.69, 9.17) is 0 Å². The third-order valence-corrected chi connectivity index (χ3v) is 6.95. The van der Waals surface area contributed by atoms with E-state index in [1.165, 1.54) is 38.6 Å². The average Bonchev–Trinajstić information content (AvgIpc) is 3.02. The maximum atomic E-state index is 3.73. The molecule has 4 fully saturated rings. The van der Waals surface area contributed by atoms with Crippen LogP contribution in [0.4, 0.5) is 0 Å². The summed E-state index contributed by atoms with van der Waals surface area (Å²) in [4.78, 5) is 2.97. The number of nitrogens with one attached hydrogen (secondary N) is 1. The van der Waals surface area contributed by atoms with Crippen molar-refractivity contribution >= 4 is 0 Å². The summed E-state index contributed by atoms with van der Waals surface area (Å²) in [5, 5.41) is 3.73. The van der Waals surface area contributed by atoms with E-state index in [0.29, 0.717) is 0 Å². The third kappa shape index (κ3) is 2.43. The van der Waals surface area contributed by atoms with Crippen molar-refractivity contribution in [2.75, 3.05) is 13.1 Å². The molecule has 5 unspecified atom stereocenters. The molecular formula is C18H32N2. The monoisotopic (exact) mass is 276 g/mol. The normalized spacial score (nSPS) is 47.9. The first-order chi connectivity index (χ1) is 9.83. The first-order valence-electron chi connectivity index (χ1n) is 9.32. The number of nitrogens with zero attached hydrogens (tertiary/aromatic N) is 1. The molecular weight excluding hydrogens is 244 g/mol. The molecule has 114 valence electrons. The lowest BCUT2D eigenvalue weighted by molar-refractivity contribution is 0.00576. The molecule has 2 nitrogen and oxygen atoms in total. The fourth-order valence-corrected chi connectivity index (χ4v) is 6.10. The van der Waals surface area contributed by atoms with Gasteiger partial charge in [-0.15, -0.1) is 0 Å². The fraction of sp³-hybridized carbons (Fsp3) is 1.00. The Balaban J connectivity index is 1.40. The molecule has 4 bridgehead atoms. The highest BCUT2D eigenvalue weighted by Crippen LogP contribution is 2.49. The molecule has 0 aromatic heterocycles. The summed E-state index contributed by atoms with van der Waals surface area (Å²) in [6, 6.07) is 2.63. The third-order valence-electron chi connectivity index (χ3n) is 6.95. The summed E-state index contributed by atoms with van der Waals surface area (Å²) in [6.07, 6.45) is 13.5. The van der Waals surface area contributed by atoms with E-state index in [2.05, 4.69) is 17.1 Å². The summed E-state index contributed by atoms with van der Waals surface area (Å²) in [5.74, 6) is 3.28. The lowest BCUT2D eigenvalue weighted by atomic mass is 9.79. The molecule has 0 aromatic carbocycles. The molecule has 2 heteroatoms. The quantitative estimate of drug-likeness (QED) is 0.846. The molecule has 2 aliphatic heterocycles. The minimum Gasteiger partial charge on any atom is -0.314 e. The van der Waals surface area contributed by atoms with Gasteiger partial charge in [0.25, 0.3) is 0 Å². The number of rotatable bonds is 4.